The molecule has 21 heavy (non-hydrogen) atoms. The van der Waals surface area contributed by atoms with E-state index in [0.717, 1.165) is 12.8 Å². The smallest absolute Gasteiger partial charge is 0.253 e. The summed E-state index contributed by atoms with van der Waals surface area (Å²) < 4.78 is 0. The van der Waals surface area contributed by atoms with E-state index in [1.807, 2.05) is 26.0 Å². The quantitative estimate of drug-likeness (QED) is 0.873. The van der Waals surface area contributed by atoms with Gasteiger partial charge in [0, 0.05) is 12.5 Å². The van der Waals surface area contributed by atoms with E-state index >= 15 is 0 Å². The second-order valence-corrected chi connectivity index (χ2v) is 6.08. The molecule has 1 aromatic rings. The Labute approximate surface area is 126 Å². The first-order chi connectivity index (χ1) is 10.1. The van der Waals surface area contributed by atoms with Crippen molar-refractivity contribution in [2.75, 3.05) is 5.32 Å². The molecule has 4 heteroatoms. The average molecular weight is 288 g/mol. The first kappa shape index (κ1) is 15.5. The summed E-state index contributed by atoms with van der Waals surface area (Å²) in [6.07, 6.45) is 5.29. The van der Waals surface area contributed by atoms with Gasteiger partial charge in [-0.05, 0) is 44.7 Å². The first-order valence-corrected chi connectivity index (χ1v) is 7.76. The van der Waals surface area contributed by atoms with Gasteiger partial charge in [0.2, 0.25) is 5.91 Å². The van der Waals surface area contributed by atoms with Crippen molar-refractivity contribution in [1.29, 1.82) is 0 Å². The predicted molar refractivity (Wildman–Crippen MR) is 84.2 cm³/mol. The number of hydrogen-bond donors (Lipinski definition) is 2. The van der Waals surface area contributed by atoms with Crippen LogP contribution in [-0.4, -0.2) is 17.9 Å². The molecule has 1 fully saturated rings. The topological polar surface area (TPSA) is 58.2 Å². The molecule has 1 aliphatic carbocycles. The van der Waals surface area contributed by atoms with Gasteiger partial charge in [0.15, 0.2) is 0 Å². The van der Waals surface area contributed by atoms with Gasteiger partial charge in [0.1, 0.15) is 0 Å². The van der Waals surface area contributed by atoms with Crippen LogP contribution in [0.3, 0.4) is 0 Å². The molecule has 0 spiro atoms. The van der Waals surface area contributed by atoms with Crippen molar-refractivity contribution < 1.29 is 9.59 Å². The normalized spacial score (nSPS) is 15.2. The Bertz CT molecular complexity index is 505. The first-order valence-electron chi connectivity index (χ1n) is 7.76. The number of nitrogens with one attached hydrogen (secondary N) is 2. The average Bonchev–Trinajstić information content (AvgIpc) is 2.91. The molecule has 0 aliphatic heterocycles. The monoisotopic (exact) mass is 288 g/mol. The zero-order chi connectivity index (χ0) is 15.2. The van der Waals surface area contributed by atoms with Crippen LogP contribution in [0, 0.1) is 5.92 Å². The maximum atomic E-state index is 12.1. The molecule has 0 radical (unpaired) electrons. The number of amides is 2. The molecule has 0 saturated heterocycles. The molecule has 0 atom stereocenters. The fraction of sp³-hybridized carbons (Fsp3) is 0.529. The van der Waals surface area contributed by atoms with E-state index in [1.165, 1.54) is 12.8 Å². The second kappa shape index (κ2) is 7.25. The summed E-state index contributed by atoms with van der Waals surface area (Å²) in [4.78, 5) is 24.3. The Morgan fingerprint density at radius 1 is 1.19 bits per heavy atom. The molecule has 0 aromatic heterocycles. The van der Waals surface area contributed by atoms with Crippen molar-refractivity contribution in [2.24, 2.45) is 5.92 Å². The van der Waals surface area contributed by atoms with Crippen LogP contribution in [0.25, 0.3) is 0 Å². The molecule has 0 bridgehead atoms. The number of carbonyl (C=O) groups excluding carboxylic acids is 2. The SMILES string of the molecule is CC(C)NC(=O)c1ccccc1NC(=O)CC1CCCC1. The number of benzene rings is 1. The van der Waals surface area contributed by atoms with Crippen LogP contribution in [0.15, 0.2) is 24.3 Å². The minimum absolute atomic E-state index is 0.00620. The lowest BCUT2D eigenvalue weighted by Crippen LogP contribution is -2.31. The van der Waals surface area contributed by atoms with Crippen LogP contribution in [0.4, 0.5) is 5.69 Å². The minimum Gasteiger partial charge on any atom is -0.350 e. The molecular weight excluding hydrogens is 264 g/mol. The zero-order valence-corrected chi connectivity index (χ0v) is 12.8. The molecule has 0 heterocycles. The lowest BCUT2D eigenvalue weighted by molar-refractivity contribution is -0.117. The van der Waals surface area contributed by atoms with E-state index in [9.17, 15) is 9.59 Å². The number of anilines is 1. The van der Waals surface area contributed by atoms with E-state index in [0.29, 0.717) is 23.6 Å². The Kier molecular flexibility index (Phi) is 5.37. The molecule has 1 saturated carbocycles. The van der Waals surface area contributed by atoms with Crippen LogP contribution in [-0.2, 0) is 4.79 Å². The van der Waals surface area contributed by atoms with Gasteiger partial charge in [0.25, 0.3) is 5.91 Å². The highest BCUT2D eigenvalue weighted by Crippen LogP contribution is 2.28. The highest BCUT2D eigenvalue weighted by atomic mass is 16.2. The van der Waals surface area contributed by atoms with Crippen LogP contribution in [0.2, 0.25) is 0 Å². The van der Waals surface area contributed by atoms with Gasteiger partial charge in [-0.3, -0.25) is 9.59 Å². The van der Waals surface area contributed by atoms with Gasteiger partial charge in [-0.25, -0.2) is 0 Å². The highest BCUT2D eigenvalue weighted by Gasteiger charge is 2.19. The third kappa shape index (κ3) is 4.59. The van der Waals surface area contributed by atoms with Gasteiger partial charge >= 0.3 is 0 Å². The summed E-state index contributed by atoms with van der Waals surface area (Å²) in [6.45, 7) is 3.83. The van der Waals surface area contributed by atoms with Crippen LogP contribution >= 0.6 is 0 Å². The summed E-state index contributed by atoms with van der Waals surface area (Å²) in [6, 6.07) is 7.23. The summed E-state index contributed by atoms with van der Waals surface area (Å²) in [7, 11) is 0. The lowest BCUT2D eigenvalue weighted by Gasteiger charge is -2.14. The molecule has 2 N–H and O–H groups in total. The van der Waals surface area contributed by atoms with Crippen molar-refractivity contribution in [3.63, 3.8) is 0 Å². The Balaban J connectivity index is 2.01. The van der Waals surface area contributed by atoms with Crippen LogP contribution < -0.4 is 10.6 Å². The van der Waals surface area contributed by atoms with Gasteiger partial charge in [-0.15, -0.1) is 0 Å². The standard InChI is InChI=1S/C17H24N2O2/c1-12(2)18-17(21)14-9-5-6-10-15(14)19-16(20)11-13-7-3-4-8-13/h5-6,9-10,12-13H,3-4,7-8,11H2,1-2H3,(H,18,21)(H,19,20). The van der Waals surface area contributed by atoms with Gasteiger partial charge in [-0.1, -0.05) is 25.0 Å². The molecule has 2 amide bonds. The van der Waals surface area contributed by atoms with Gasteiger partial charge in [0.05, 0.1) is 11.3 Å². The molecule has 0 unspecified atom stereocenters. The van der Waals surface area contributed by atoms with Crippen LogP contribution in [0.1, 0.15) is 56.3 Å². The number of rotatable bonds is 5. The summed E-state index contributed by atoms with van der Waals surface area (Å²) in [5.41, 5.74) is 1.12. The molecule has 2 rings (SSSR count). The van der Waals surface area contributed by atoms with Crippen molar-refractivity contribution in [2.45, 2.75) is 52.0 Å². The third-order valence-corrected chi connectivity index (χ3v) is 3.81. The van der Waals surface area contributed by atoms with Gasteiger partial charge in [-0.2, -0.15) is 0 Å². The van der Waals surface area contributed by atoms with Crippen LogP contribution in [0.5, 0.6) is 0 Å². The zero-order valence-electron chi connectivity index (χ0n) is 12.8. The van der Waals surface area contributed by atoms with Crippen molar-refractivity contribution >= 4 is 17.5 Å². The maximum Gasteiger partial charge on any atom is 0.253 e. The molecular formula is C17H24N2O2. The Morgan fingerprint density at radius 3 is 2.52 bits per heavy atom. The van der Waals surface area contributed by atoms with E-state index in [2.05, 4.69) is 10.6 Å². The van der Waals surface area contributed by atoms with E-state index in [-0.39, 0.29) is 17.9 Å². The van der Waals surface area contributed by atoms with E-state index < -0.39 is 0 Å². The summed E-state index contributed by atoms with van der Waals surface area (Å²) in [5.74, 6) is 0.357. The minimum atomic E-state index is -0.151. The van der Waals surface area contributed by atoms with E-state index in [4.69, 9.17) is 0 Å². The highest BCUT2D eigenvalue weighted by molar-refractivity contribution is 6.03. The third-order valence-electron chi connectivity index (χ3n) is 3.81. The lowest BCUT2D eigenvalue weighted by atomic mass is 10.0. The molecule has 1 aliphatic rings. The Morgan fingerprint density at radius 2 is 1.86 bits per heavy atom. The summed E-state index contributed by atoms with van der Waals surface area (Å²) >= 11 is 0. The van der Waals surface area contributed by atoms with E-state index in [1.54, 1.807) is 12.1 Å². The molecule has 1 aromatic carbocycles. The Hall–Kier alpha value is -1.84. The molecule has 4 nitrogen and oxygen atoms in total. The fourth-order valence-electron chi connectivity index (χ4n) is 2.81. The number of hydrogen-bond acceptors (Lipinski definition) is 2. The fourth-order valence-corrected chi connectivity index (χ4v) is 2.81. The second-order valence-electron chi connectivity index (χ2n) is 6.08. The van der Waals surface area contributed by atoms with Crippen molar-refractivity contribution in [3.8, 4) is 0 Å². The summed E-state index contributed by atoms with van der Waals surface area (Å²) in [5, 5.41) is 5.75. The van der Waals surface area contributed by atoms with Gasteiger partial charge < -0.3 is 10.6 Å². The predicted octanol–water partition coefficient (Wildman–Crippen LogP) is 3.34. The van der Waals surface area contributed by atoms with Crippen molar-refractivity contribution in [1.82, 2.24) is 5.32 Å². The maximum absolute atomic E-state index is 12.1. The molecule has 114 valence electrons. The van der Waals surface area contributed by atoms with Crippen molar-refractivity contribution in [3.05, 3.63) is 29.8 Å². The number of para-hydroxylation sites is 1. The largest absolute Gasteiger partial charge is 0.350 e. The number of carbonyl (C=O) groups is 2.